The predicted octanol–water partition coefficient (Wildman–Crippen LogP) is 2.67. The highest BCUT2D eigenvalue weighted by atomic mass is 79.9. The van der Waals surface area contributed by atoms with E-state index in [4.69, 9.17) is 5.73 Å². The number of phenols is 1. The van der Waals surface area contributed by atoms with Crippen molar-refractivity contribution in [2.45, 2.75) is 24.7 Å². The highest BCUT2D eigenvalue weighted by Crippen LogP contribution is 2.47. The molecule has 2 rings (SSSR count). The number of hydrogen-bond donors (Lipinski definition) is 2. The summed E-state index contributed by atoms with van der Waals surface area (Å²) in [6.45, 7) is 0.455. The van der Waals surface area contributed by atoms with Gasteiger partial charge in [-0.15, -0.1) is 0 Å². The summed E-state index contributed by atoms with van der Waals surface area (Å²) in [6.07, 6.45) is 2.94. The molecule has 1 aliphatic carbocycles. The van der Waals surface area contributed by atoms with Crippen LogP contribution in [0.4, 0.5) is 4.39 Å². The van der Waals surface area contributed by atoms with E-state index in [1.54, 1.807) is 6.07 Å². The highest BCUT2D eigenvalue weighted by Gasteiger charge is 2.40. The van der Waals surface area contributed by atoms with Gasteiger partial charge in [0.15, 0.2) is 11.6 Å². The Kier molecular flexibility index (Phi) is 2.73. The lowest BCUT2D eigenvalue weighted by Crippen LogP contribution is -2.41. The summed E-state index contributed by atoms with van der Waals surface area (Å²) >= 11 is 3.23. The molecule has 0 saturated heterocycles. The van der Waals surface area contributed by atoms with Crippen LogP contribution in [0.5, 0.6) is 5.75 Å². The Hall–Kier alpha value is -0.610. The predicted molar refractivity (Wildman–Crippen MR) is 60.3 cm³/mol. The Bertz CT molecular complexity index is 385. The fourth-order valence-electron chi connectivity index (χ4n) is 2.16. The summed E-state index contributed by atoms with van der Waals surface area (Å²) in [4.78, 5) is 0. The molecule has 4 heteroatoms. The van der Waals surface area contributed by atoms with Gasteiger partial charge >= 0.3 is 0 Å². The van der Waals surface area contributed by atoms with Crippen molar-refractivity contribution < 1.29 is 9.50 Å². The monoisotopic (exact) mass is 273 g/mol. The van der Waals surface area contributed by atoms with Crippen molar-refractivity contribution in [2.24, 2.45) is 5.73 Å². The summed E-state index contributed by atoms with van der Waals surface area (Å²) in [5.41, 5.74) is 6.15. The van der Waals surface area contributed by atoms with Crippen molar-refractivity contribution in [3.05, 3.63) is 28.0 Å². The van der Waals surface area contributed by atoms with Crippen molar-refractivity contribution in [1.29, 1.82) is 0 Å². The topological polar surface area (TPSA) is 46.2 Å². The van der Waals surface area contributed by atoms with Crippen molar-refractivity contribution >= 4 is 15.9 Å². The maximum absolute atomic E-state index is 13.3. The number of hydrogen-bond acceptors (Lipinski definition) is 2. The molecule has 0 heterocycles. The molecule has 1 fully saturated rings. The quantitative estimate of drug-likeness (QED) is 0.871. The van der Waals surface area contributed by atoms with E-state index in [0.29, 0.717) is 16.6 Å². The third-order valence-corrected chi connectivity index (χ3v) is 3.76. The maximum Gasteiger partial charge on any atom is 0.166 e. The third kappa shape index (κ3) is 1.66. The zero-order valence-corrected chi connectivity index (χ0v) is 9.85. The van der Waals surface area contributed by atoms with Gasteiger partial charge in [0.2, 0.25) is 0 Å². The average Bonchev–Trinajstić information content (AvgIpc) is 2.12. The van der Waals surface area contributed by atoms with Crippen LogP contribution in [0.15, 0.2) is 16.6 Å². The Morgan fingerprint density at radius 3 is 2.60 bits per heavy atom. The van der Waals surface area contributed by atoms with Gasteiger partial charge in [0.25, 0.3) is 0 Å². The van der Waals surface area contributed by atoms with Crippen molar-refractivity contribution in [2.75, 3.05) is 6.54 Å². The van der Waals surface area contributed by atoms with Crippen LogP contribution in [-0.4, -0.2) is 11.7 Å². The minimum Gasteiger partial charge on any atom is -0.505 e. The first-order chi connectivity index (χ1) is 7.09. The van der Waals surface area contributed by atoms with Gasteiger partial charge in [-0.05, 0) is 25.0 Å². The standard InChI is InChI=1S/C11H13BrFNO/c12-7-4-8(10(15)9(13)5-7)11(6-14)2-1-3-11/h4-5,15H,1-3,6,14H2. The van der Waals surface area contributed by atoms with Gasteiger partial charge < -0.3 is 10.8 Å². The van der Waals surface area contributed by atoms with Crippen LogP contribution < -0.4 is 5.73 Å². The number of phenolic OH excluding ortho intramolecular Hbond substituents is 1. The van der Waals surface area contributed by atoms with Crippen molar-refractivity contribution in [1.82, 2.24) is 0 Å². The summed E-state index contributed by atoms with van der Waals surface area (Å²) in [6, 6.07) is 3.03. The van der Waals surface area contributed by atoms with Crippen LogP contribution in [0.3, 0.4) is 0 Å². The molecular weight excluding hydrogens is 261 g/mol. The molecule has 1 aromatic rings. The zero-order chi connectivity index (χ0) is 11.1. The molecule has 2 nitrogen and oxygen atoms in total. The lowest BCUT2D eigenvalue weighted by molar-refractivity contribution is 0.242. The van der Waals surface area contributed by atoms with Gasteiger partial charge in [-0.1, -0.05) is 22.4 Å². The molecule has 0 bridgehead atoms. The number of nitrogens with two attached hydrogens (primary N) is 1. The maximum atomic E-state index is 13.3. The number of halogens is 2. The van der Waals surface area contributed by atoms with Crippen LogP contribution in [0, 0.1) is 5.82 Å². The van der Waals surface area contributed by atoms with E-state index in [0.717, 1.165) is 19.3 Å². The molecule has 3 N–H and O–H groups in total. The molecule has 15 heavy (non-hydrogen) atoms. The van der Waals surface area contributed by atoms with Crippen LogP contribution in [0.25, 0.3) is 0 Å². The Morgan fingerprint density at radius 2 is 2.13 bits per heavy atom. The molecule has 0 aromatic heterocycles. The summed E-state index contributed by atoms with van der Waals surface area (Å²) in [7, 11) is 0. The molecular formula is C11H13BrFNO. The Morgan fingerprint density at radius 1 is 1.47 bits per heavy atom. The summed E-state index contributed by atoms with van der Waals surface area (Å²) in [5, 5.41) is 9.70. The highest BCUT2D eigenvalue weighted by molar-refractivity contribution is 9.10. The molecule has 1 saturated carbocycles. The second-order valence-electron chi connectivity index (χ2n) is 4.12. The Balaban J connectivity index is 2.51. The molecule has 0 radical (unpaired) electrons. The van der Waals surface area contributed by atoms with Crippen LogP contribution in [-0.2, 0) is 5.41 Å². The first-order valence-electron chi connectivity index (χ1n) is 4.98. The van der Waals surface area contributed by atoms with Gasteiger partial charge in [0.05, 0.1) is 0 Å². The minimum absolute atomic E-state index is 0.214. The largest absolute Gasteiger partial charge is 0.505 e. The molecule has 0 atom stereocenters. The van der Waals surface area contributed by atoms with E-state index in [2.05, 4.69) is 15.9 Å². The van der Waals surface area contributed by atoms with Crippen LogP contribution >= 0.6 is 15.9 Å². The fourth-order valence-corrected chi connectivity index (χ4v) is 2.59. The van der Waals surface area contributed by atoms with Gasteiger partial charge in [0, 0.05) is 22.0 Å². The lowest BCUT2D eigenvalue weighted by atomic mass is 9.64. The van der Waals surface area contributed by atoms with E-state index in [-0.39, 0.29) is 11.2 Å². The van der Waals surface area contributed by atoms with Crippen molar-refractivity contribution in [3.63, 3.8) is 0 Å². The van der Waals surface area contributed by atoms with Gasteiger partial charge in [-0.3, -0.25) is 0 Å². The molecule has 0 spiro atoms. The van der Waals surface area contributed by atoms with Gasteiger partial charge in [-0.25, -0.2) is 4.39 Å². The Labute approximate surface area is 96.4 Å². The molecule has 0 aliphatic heterocycles. The van der Waals surface area contributed by atoms with Crippen molar-refractivity contribution in [3.8, 4) is 5.75 Å². The normalized spacial score (nSPS) is 18.6. The molecule has 1 aromatic carbocycles. The molecule has 82 valence electrons. The second kappa shape index (κ2) is 3.76. The van der Waals surface area contributed by atoms with E-state index >= 15 is 0 Å². The van der Waals surface area contributed by atoms with E-state index in [1.165, 1.54) is 6.07 Å². The molecule has 1 aliphatic rings. The lowest BCUT2D eigenvalue weighted by Gasteiger charge is -2.41. The minimum atomic E-state index is -0.584. The average molecular weight is 274 g/mol. The molecule has 0 amide bonds. The SMILES string of the molecule is NCC1(c2cc(Br)cc(F)c2O)CCC1. The third-order valence-electron chi connectivity index (χ3n) is 3.30. The summed E-state index contributed by atoms with van der Waals surface area (Å²) < 4.78 is 14.0. The molecule has 0 unspecified atom stereocenters. The summed E-state index contributed by atoms with van der Waals surface area (Å²) in [5.74, 6) is -0.831. The smallest absolute Gasteiger partial charge is 0.166 e. The van der Waals surface area contributed by atoms with E-state index in [9.17, 15) is 9.50 Å². The number of aromatic hydroxyl groups is 1. The number of rotatable bonds is 2. The van der Waals surface area contributed by atoms with E-state index in [1.807, 2.05) is 0 Å². The number of benzene rings is 1. The van der Waals surface area contributed by atoms with E-state index < -0.39 is 5.82 Å². The first kappa shape index (κ1) is 10.9. The van der Waals surface area contributed by atoms with Crippen LogP contribution in [0.1, 0.15) is 24.8 Å². The zero-order valence-electron chi connectivity index (χ0n) is 8.26. The van der Waals surface area contributed by atoms with Crippen LogP contribution in [0.2, 0.25) is 0 Å². The first-order valence-corrected chi connectivity index (χ1v) is 5.77. The fraction of sp³-hybridized carbons (Fsp3) is 0.455. The second-order valence-corrected chi connectivity index (χ2v) is 5.04. The van der Waals surface area contributed by atoms with Gasteiger partial charge in [-0.2, -0.15) is 0 Å². The van der Waals surface area contributed by atoms with Gasteiger partial charge in [0.1, 0.15) is 0 Å².